The summed E-state index contributed by atoms with van der Waals surface area (Å²) in [7, 11) is 0. The van der Waals surface area contributed by atoms with Crippen molar-refractivity contribution in [3.63, 3.8) is 0 Å². The van der Waals surface area contributed by atoms with Crippen molar-refractivity contribution in [3.05, 3.63) is 34.2 Å². The van der Waals surface area contributed by atoms with E-state index in [0.717, 1.165) is 10.6 Å². The maximum atomic E-state index is 12.2. The largest absolute Gasteiger partial charge is 0.418 e. The minimum absolute atomic E-state index is 0.257. The highest BCUT2D eigenvalue weighted by Crippen LogP contribution is 2.30. The van der Waals surface area contributed by atoms with E-state index in [0.29, 0.717) is 0 Å². The predicted molar refractivity (Wildman–Crippen MR) is 52.1 cm³/mol. The third-order valence-corrected chi connectivity index (χ3v) is 2.16. The Morgan fingerprint density at radius 2 is 1.94 bits per heavy atom. The Bertz CT molecular complexity index is 423. The fourth-order valence-corrected chi connectivity index (χ4v) is 1.32. The molecule has 0 saturated heterocycles. The second-order valence-electron chi connectivity index (χ2n) is 3.71. The van der Waals surface area contributed by atoms with Gasteiger partial charge in [0.1, 0.15) is 0 Å². The highest BCUT2D eigenvalue weighted by molar-refractivity contribution is 5.15. The summed E-state index contributed by atoms with van der Waals surface area (Å²) in [5.74, 6) is 0. The molecular formula is C10H12F3NO2. The van der Waals surface area contributed by atoms with Crippen LogP contribution in [0, 0.1) is 0 Å². The van der Waals surface area contributed by atoms with Crippen molar-refractivity contribution in [2.45, 2.75) is 32.2 Å². The van der Waals surface area contributed by atoms with Gasteiger partial charge in [-0.05, 0) is 26.0 Å². The smallest absolute Gasteiger partial charge is 0.379 e. The molecule has 0 amide bonds. The van der Waals surface area contributed by atoms with E-state index in [1.54, 1.807) is 13.8 Å². The van der Waals surface area contributed by atoms with Crippen LogP contribution >= 0.6 is 0 Å². The SMILES string of the molecule is CC(C)n1cccc(C(O)C(F)(F)F)c1=O. The van der Waals surface area contributed by atoms with E-state index < -0.39 is 23.4 Å². The molecule has 1 unspecified atom stereocenters. The maximum absolute atomic E-state index is 12.2. The Labute approximate surface area is 90.1 Å². The first-order valence-corrected chi connectivity index (χ1v) is 4.71. The number of hydrogen-bond donors (Lipinski definition) is 1. The fraction of sp³-hybridized carbons (Fsp3) is 0.500. The van der Waals surface area contributed by atoms with Crippen LogP contribution in [0.1, 0.15) is 31.6 Å². The van der Waals surface area contributed by atoms with Gasteiger partial charge in [-0.25, -0.2) is 0 Å². The Hall–Kier alpha value is -1.30. The molecule has 1 rings (SSSR count). The molecule has 0 radical (unpaired) electrons. The van der Waals surface area contributed by atoms with Crippen molar-refractivity contribution in [2.75, 3.05) is 0 Å². The normalized spacial score (nSPS) is 14.2. The van der Waals surface area contributed by atoms with Gasteiger partial charge in [-0.1, -0.05) is 0 Å². The molecule has 0 bridgehead atoms. The Kier molecular flexibility index (Phi) is 3.42. The first-order valence-electron chi connectivity index (χ1n) is 4.71. The van der Waals surface area contributed by atoms with Gasteiger partial charge < -0.3 is 9.67 Å². The number of aromatic nitrogens is 1. The second-order valence-corrected chi connectivity index (χ2v) is 3.71. The topological polar surface area (TPSA) is 42.2 Å². The molecule has 0 aliphatic rings. The molecule has 3 nitrogen and oxygen atoms in total. The number of halogens is 3. The number of rotatable bonds is 2. The van der Waals surface area contributed by atoms with Crippen LogP contribution in [-0.2, 0) is 0 Å². The van der Waals surface area contributed by atoms with Crippen molar-refractivity contribution in [3.8, 4) is 0 Å². The van der Waals surface area contributed by atoms with Crippen LogP contribution in [-0.4, -0.2) is 15.8 Å². The Morgan fingerprint density at radius 1 is 1.38 bits per heavy atom. The zero-order chi connectivity index (χ0) is 12.5. The summed E-state index contributed by atoms with van der Waals surface area (Å²) in [6, 6.07) is 2.04. The molecule has 0 saturated carbocycles. The monoisotopic (exact) mass is 235 g/mol. The van der Waals surface area contributed by atoms with E-state index in [1.807, 2.05) is 0 Å². The lowest BCUT2D eigenvalue weighted by Gasteiger charge is -2.16. The second kappa shape index (κ2) is 4.29. The number of alkyl halides is 3. The molecule has 1 aromatic rings. The number of pyridine rings is 1. The molecule has 0 aliphatic heterocycles. The highest BCUT2D eigenvalue weighted by atomic mass is 19.4. The van der Waals surface area contributed by atoms with Gasteiger partial charge in [-0.15, -0.1) is 0 Å². The van der Waals surface area contributed by atoms with Crippen LogP contribution in [0.2, 0.25) is 0 Å². The van der Waals surface area contributed by atoms with Gasteiger partial charge >= 0.3 is 6.18 Å². The molecular weight excluding hydrogens is 223 g/mol. The number of aliphatic hydroxyl groups is 1. The van der Waals surface area contributed by atoms with Crippen LogP contribution in [0.5, 0.6) is 0 Å². The van der Waals surface area contributed by atoms with Gasteiger partial charge in [0.05, 0.1) is 5.56 Å². The van der Waals surface area contributed by atoms with Gasteiger partial charge in [0.25, 0.3) is 5.56 Å². The molecule has 0 spiro atoms. The Balaban J connectivity index is 3.27. The molecule has 6 heteroatoms. The predicted octanol–water partition coefficient (Wildman–Crippen LogP) is 2.02. The fourth-order valence-electron chi connectivity index (χ4n) is 1.32. The third-order valence-electron chi connectivity index (χ3n) is 2.16. The zero-order valence-corrected chi connectivity index (χ0v) is 8.82. The third kappa shape index (κ3) is 2.44. The van der Waals surface area contributed by atoms with Crippen molar-refractivity contribution < 1.29 is 18.3 Å². The maximum Gasteiger partial charge on any atom is 0.418 e. The summed E-state index contributed by atoms with van der Waals surface area (Å²) in [6.45, 7) is 3.34. The van der Waals surface area contributed by atoms with Crippen molar-refractivity contribution >= 4 is 0 Å². The van der Waals surface area contributed by atoms with Crippen LogP contribution in [0.4, 0.5) is 13.2 Å². The molecule has 90 valence electrons. The van der Waals surface area contributed by atoms with Gasteiger partial charge in [-0.3, -0.25) is 4.79 Å². The van der Waals surface area contributed by atoms with Gasteiger partial charge in [-0.2, -0.15) is 13.2 Å². The van der Waals surface area contributed by atoms with Crippen LogP contribution < -0.4 is 5.56 Å². The average molecular weight is 235 g/mol. The Morgan fingerprint density at radius 3 is 2.38 bits per heavy atom. The summed E-state index contributed by atoms with van der Waals surface area (Å²) in [5, 5.41) is 9.01. The van der Waals surface area contributed by atoms with E-state index in [-0.39, 0.29) is 6.04 Å². The lowest BCUT2D eigenvalue weighted by molar-refractivity contribution is -0.207. The molecule has 1 N–H and O–H groups in total. The summed E-state index contributed by atoms with van der Waals surface area (Å²) >= 11 is 0. The average Bonchev–Trinajstić information content (AvgIpc) is 2.15. The molecule has 1 aromatic heterocycles. The first-order chi connectivity index (χ1) is 7.25. The van der Waals surface area contributed by atoms with Crippen LogP contribution in [0.3, 0.4) is 0 Å². The summed E-state index contributed by atoms with van der Waals surface area (Å²) in [4.78, 5) is 11.6. The van der Waals surface area contributed by atoms with E-state index >= 15 is 0 Å². The van der Waals surface area contributed by atoms with Crippen molar-refractivity contribution in [1.29, 1.82) is 0 Å². The molecule has 0 fully saturated rings. The van der Waals surface area contributed by atoms with E-state index in [4.69, 9.17) is 5.11 Å². The molecule has 1 heterocycles. The minimum Gasteiger partial charge on any atom is -0.379 e. The lowest BCUT2D eigenvalue weighted by atomic mass is 10.1. The minimum atomic E-state index is -4.82. The molecule has 1 atom stereocenters. The van der Waals surface area contributed by atoms with Crippen LogP contribution in [0.15, 0.2) is 23.1 Å². The zero-order valence-electron chi connectivity index (χ0n) is 8.82. The molecule has 0 aromatic carbocycles. The quantitative estimate of drug-likeness (QED) is 0.852. The van der Waals surface area contributed by atoms with E-state index in [9.17, 15) is 18.0 Å². The van der Waals surface area contributed by atoms with Crippen LogP contribution in [0.25, 0.3) is 0 Å². The number of aliphatic hydroxyl groups excluding tert-OH is 1. The van der Waals surface area contributed by atoms with E-state index in [1.165, 1.54) is 12.3 Å². The molecule has 16 heavy (non-hydrogen) atoms. The summed E-state index contributed by atoms with van der Waals surface area (Å²) in [6.07, 6.45) is -6.17. The summed E-state index contributed by atoms with van der Waals surface area (Å²) < 4.78 is 37.9. The highest BCUT2D eigenvalue weighted by Gasteiger charge is 2.41. The van der Waals surface area contributed by atoms with Gasteiger partial charge in [0, 0.05) is 12.2 Å². The number of nitrogens with zero attached hydrogens (tertiary/aromatic N) is 1. The first kappa shape index (κ1) is 12.8. The standard InChI is InChI=1S/C10H12F3NO2/c1-6(2)14-5-3-4-7(9(14)16)8(15)10(11,12)13/h3-6,8,15H,1-2H3. The number of hydrogen-bond acceptors (Lipinski definition) is 2. The summed E-state index contributed by atoms with van der Waals surface area (Å²) in [5.41, 5.74) is -1.47. The van der Waals surface area contributed by atoms with Crippen molar-refractivity contribution in [2.24, 2.45) is 0 Å². The molecule has 0 aliphatic carbocycles. The van der Waals surface area contributed by atoms with Gasteiger partial charge in [0.2, 0.25) is 0 Å². The van der Waals surface area contributed by atoms with Crippen molar-refractivity contribution in [1.82, 2.24) is 4.57 Å². The van der Waals surface area contributed by atoms with E-state index in [2.05, 4.69) is 0 Å². The van der Waals surface area contributed by atoms with Gasteiger partial charge in [0.15, 0.2) is 6.10 Å². The lowest BCUT2D eigenvalue weighted by Crippen LogP contribution is -2.31.